The van der Waals surface area contributed by atoms with E-state index in [2.05, 4.69) is 54.6 Å². The van der Waals surface area contributed by atoms with Gasteiger partial charge in [-0.2, -0.15) is 0 Å². The van der Waals surface area contributed by atoms with Gasteiger partial charge in [0, 0.05) is 31.5 Å². The van der Waals surface area contributed by atoms with Crippen LogP contribution in [0.5, 0.6) is 0 Å². The van der Waals surface area contributed by atoms with E-state index in [1.54, 1.807) is 11.8 Å². The van der Waals surface area contributed by atoms with Crippen molar-refractivity contribution in [3.63, 3.8) is 0 Å². The Morgan fingerprint density at radius 3 is 2.21 bits per heavy atom. The molecule has 0 spiro atoms. The second-order valence-corrected chi connectivity index (χ2v) is 11.6. The quantitative estimate of drug-likeness (QED) is 0.251. The highest BCUT2D eigenvalue weighted by Crippen LogP contribution is 2.57. The second-order valence-electron chi connectivity index (χ2n) is 10.2. The molecule has 0 saturated carbocycles. The molecule has 7 rings (SSSR count). The monoisotopic (exact) mass is 530 g/mol. The maximum atomic E-state index is 13.1. The minimum absolute atomic E-state index is 0.584. The summed E-state index contributed by atoms with van der Waals surface area (Å²) < 4.78 is 0. The lowest BCUT2D eigenvalue weighted by molar-refractivity contribution is 0.119. The molecule has 1 N–H and O–H groups in total. The Morgan fingerprint density at radius 2 is 1.34 bits per heavy atom. The summed E-state index contributed by atoms with van der Waals surface area (Å²) in [5.74, 6) is 0. The topological polar surface area (TPSA) is 20.2 Å². The van der Waals surface area contributed by atoms with Crippen LogP contribution in [0.4, 0.5) is 0 Å². The van der Waals surface area contributed by atoms with Gasteiger partial charge in [-0.3, -0.25) is 0 Å². The number of hydrogen-bond acceptors (Lipinski definition) is 2. The van der Waals surface area contributed by atoms with Crippen molar-refractivity contribution in [2.24, 2.45) is 0 Å². The molecule has 1 nitrogen and oxygen atoms in total. The van der Waals surface area contributed by atoms with E-state index in [0.717, 1.165) is 56.0 Å². The average molecular weight is 531 g/mol. The van der Waals surface area contributed by atoms with E-state index in [0.29, 0.717) is 5.02 Å². The molecule has 5 aromatic rings. The van der Waals surface area contributed by atoms with Crippen LogP contribution < -0.4 is 0 Å². The zero-order chi connectivity index (χ0) is 25.7. The number of rotatable bonds is 3. The van der Waals surface area contributed by atoms with Crippen LogP contribution in [0.2, 0.25) is 5.02 Å². The van der Waals surface area contributed by atoms with Crippen LogP contribution in [0.1, 0.15) is 40.7 Å². The molecule has 38 heavy (non-hydrogen) atoms. The van der Waals surface area contributed by atoms with Crippen molar-refractivity contribution in [2.45, 2.75) is 41.1 Å². The van der Waals surface area contributed by atoms with E-state index in [1.807, 2.05) is 54.6 Å². The summed E-state index contributed by atoms with van der Waals surface area (Å²) in [5.41, 5.74) is 8.45. The molecule has 0 bridgehead atoms. The summed E-state index contributed by atoms with van der Waals surface area (Å²) in [6, 6.07) is 37.5. The van der Waals surface area contributed by atoms with Crippen LogP contribution in [0, 0.1) is 0 Å². The first-order valence-corrected chi connectivity index (χ1v) is 14.4. The molecule has 1 atom stereocenters. The summed E-state index contributed by atoms with van der Waals surface area (Å²) in [6.45, 7) is 0. The van der Waals surface area contributed by atoms with E-state index in [-0.39, 0.29) is 0 Å². The molecule has 1 unspecified atom stereocenters. The fourth-order valence-electron chi connectivity index (χ4n) is 6.29. The molecule has 0 aromatic heterocycles. The first-order valence-electron chi connectivity index (χ1n) is 13.2. The molecule has 3 heteroatoms. The second kappa shape index (κ2) is 9.47. The number of aliphatic hydroxyl groups is 1. The molecule has 1 aliphatic heterocycles. The van der Waals surface area contributed by atoms with Gasteiger partial charge in [-0.05, 0) is 71.2 Å². The largest absolute Gasteiger partial charge is 0.376 e. The maximum absolute atomic E-state index is 13.1. The first kappa shape index (κ1) is 23.8. The van der Waals surface area contributed by atoms with Gasteiger partial charge in [0.15, 0.2) is 0 Å². The van der Waals surface area contributed by atoms with Gasteiger partial charge in [-0.25, -0.2) is 0 Å². The van der Waals surface area contributed by atoms with Gasteiger partial charge in [0.25, 0.3) is 0 Å². The first-order chi connectivity index (χ1) is 18.7. The Bertz CT molecular complexity index is 1680. The summed E-state index contributed by atoms with van der Waals surface area (Å²) in [6.07, 6.45) is 4.67. The third-order valence-electron chi connectivity index (χ3n) is 8.05. The molecule has 1 heterocycles. The standard InChI is InChI=1S/C35H27ClOS/c36-31-22-21-28(27-17-10-14-23-13-4-5-15-25(23)27)34-33(31)35(37,30-19-8-9-20-32(30)38-34)29-18-7-6-16-26(29)24-11-2-1-3-12-24/h1-3,6-12,14,16-22,37H,4-5,13,15H2. The van der Waals surface area contributed by atoms with Crippen LogP contribution in [-0.2, 0) is 18.4 Å². The number of aryl methyl sites for hydroxylation is 1. The molecule has 0 saturated heterocycles. The van der Waals surface area contributed by atoms with Crippen LogP contribution in [-0.4, -0.2) is 5.11 Å². The molecular formula is C35H27ClOS. The van der Waals surface area contributed by atoms with E-state index >= 15 is 0 Å². The highest BCUT2D eigenvalue weighted by atomic mass is 35.5. The Balaban J connectivity index is 1.54. The van der Waals surface area contributed by atoms with E-state index in [4.69, 9.17) is 11.6 Å². The van der Waals surface area contributed by atoms with Crippen molar-refractivity contribution >= 4 is 23.4 Å². The van der Waals surface area contributed by atoms with Crippen molar-refractivity contribution in [3.05, 3.63) is 142 Å². The van der Waals surface area contributed by atoms with Crippen molar-refractivity contribution in [1.29, 1.82) is 0 Å². The molecule has 0 amide bonds. The predicted octanol–water partition coefficient (Wildman–Crippen LogP) is 9.30. The van der Waals surface area contributed by atoms with Crippen LogP contribution in [0.3, 0.4) is 0 Å². The van der Waals surface area contributed by atoms with E-state index in [9.17, 15) is 5.11 Å². The average Bonchev–Trinajstić information content (AvgIpc) is 2.98. The zero-order valence-electron chi connectivity index (χ0n) is 21.0. The number of benzene rings is 5. The fraction of sp³-hybridized carbons (Fsp3) is 0.143. The smallest absolute Gasteiger partial charge is 0.144 e. The molecule has 1 aliphatic carbocycles. The Morgan fingerprint density at radius 1 is 0.632 bits per heavy atom. The van der Waals surface area contributed by atoms with Gasteiger partial charge in [0.1, 0.15) is 5.60 Å². The zero-order valence-corrected chi connectivity index (χ0v) is 22.5. The van der Waals surface area contributed by atoms with Crippen LogP contribution in [0.25, 0.3) is 22.3 Å². The van der Waals surface area contributed by atoms with Crippen LogP contribution in [0.15, 0.2) is 119 Å². The Kier molecular flexibility index (Phi) is 5.93. The van der Waals surface area contributed by atoms with E-state index in [1.165, 1.54) is 29.5 Å². The lowest BCUT2D eigenvalue weighted by Gasteiger charge is -2.39. The van der Waals surface area contributed by atoms with Gasteiger partial charge in [-0.15, -0.1) is 0 Å². The minimum Gasteiger partial charge on any atom is -0.376 e. The number of hydrogen-bond donors (Lipinski definition) is 1. The molecule has 0 radical (unpaired) electrons. The fourth-order valence-corrected chi connectivity index (χ4v) is 7.98. The predicted molar refractivity (Wildman–Crippen MR) is 158 cm³/mol. The lowest BCUT2D eigenvalue weighted by Crippen LogP contribution is -2.33. The number of halogens is 1. The summed E-state index contributed by atoms with van der Waals surface area (Å²) in [7, 11) is 0. The van der Waals surface area contributed by atoms with Crippen molar-refractivity contribution in [1.82, 2.24) is 0 Å². The maximum Gasteiger partial charge on any atom is 0.144 e. The normalized spacial score (nSPS) is 17.8. The van der Waals surface area contributed by atoms with Crippen molar-refractivity contribution in [2.75, 3.05) is 0 Å². The summed E-state index contributed by atoms with van der Waals surface area (Å²) >= 11 is 8.79. The van der Waals surface area contributed by atoms with Crippen molar-refractivity contribution < 1.29 is 5.11 Å². The Hall–Kier alpha value is -3.30. The SMILES string of the molecule is OC1(c2ccccc2-c2ccccc2)c2ccccc2Sc2c(-c3cccc4c3CCCC4)ccc(Cl)c21. The van der Waals surface area contributed by atoms with Gasteiger partial charge in [-0.1, -0.05) is 120 Å². The van der Waals surface area contributed by atoms with Gasteiger partial charge >= 0.3 is 0 Å². The van der Waals surface area contributed by atoms with E-state index < -0.39 is 5.60 Å². The molecular weight excluding hydrogens is 504 g/mol. The molecule has 0 fully saturated rings. The molecule has 186 valence electrons. The third-order valence-corrected chi connectivity index (χ3v) is 9.56. The highest BCUT2D eigenvalue weighted by molar-refractivity contribution is 7.99. The van der Waals surface area contributed by atoms with Crippen LogP contribution >= 0.6 is 23.4 Å². The highest BCUT2D eigenvalue weighted by Gasteiger charge is 2.45. The number of fused-ring (bicyclic) bond motifs is 3. The summed E-state index contributed by atoms with van der Waals surface area (Å²) in [5, 5.41) is 13.7. The van der Waals surface area contributed by atoms with Gasteiger partial charge in [0.05, 0.1) is 0 Å². The lowest BCUT2D eigenvalue weighted by atomic mass is 9.75. The van der Waals surface area contributed by atoms with Gasteiger partial charge in [0.2, 0.25) is 0 Å². The van der Waals surface area contributed by atoms with Gasteiger partial charge < -0.3 is 5.11 Å². The minimum atomic E-state index is -1.41. The molecule has 2 aliphatic rings. The Labute approximate surface area is 233 Å². The van der Waals surface area contributed by atoms with Crippen molar-refractivity contribution in [3.8, 4) is 22.3 Å². The molecule has 5 aromatic carbocycles. The summed E-state index contributed by atoms with van der Waals surface area (Å²) in [4.78, 5) is 2.10. The third kappa shape index (κ3) is 3.66.